The molecule has 1 aromatic carbocycles. The van der Waals surface area contributed by atoms with Gasteiger partial charge in [0.15, 0.2) is 0 Å². The van der Waals surface area contributed by atoms with Crippen LogP contribution < -0.4 is 4.90 Å². The summed E-state index contributed by atoms with van der Waals surface area (Å²) in [5.74, 6) is -0.148. The maximum Gasteiger partial charge on any atom is 0.355 e. The highest BCUT2D eigenvalue weighted by atomic mass is 32.2. The Hall–Kier alpha value is -1.99. The molecule has 0 aromatic heterocycles. The molecule has 1 aliphatic heterocycles. The average Bonchev–Trinajstić information content (AvgIpc) is 2.64. The zero-order valence-corrected chi connectivity index (χ0v) is 14.9. The van der Waals surface area contributed by atoms with Crippen molar-refractivity contribution >= 4 is 29.4 Å². The van der Waals surface area contributed by atoms with Crippen molar-refractivity contribution in [3.63, 3.8) is 0 Å². The summed E-state index contributed by atoms with van der Waals surface area (Å²) in [4.78, 5) is 26.9. The molecule has 0 spiro atoms. The molecule has 2 rings (SSSR count). The second kappa shape index (κ2) is 8.75. The van der Waals surface area contributed by atoms with Crippen molar-refractivity contribution < 1.29 is 23.8 Å². The van der Waals surface area contributed by atoms with E-state index in [2.05, 4.69) is 6.92 Å². The lowest BCUT2D eigenvalue weighted by Crippen LogP contribution is -2.38. The fourth-order valence-corrected chi connectivity index (χ4v) is 3.06. The maximum atomic E-state index is 12.2. The van der Waals surface area contributed by atoms with Gasteiger partial charge in [-0.25, -0.2) is 9.59 Å². The van der Waals surface area contributed by atoms with E-state index in [0.29, 0.717) is 0 Å². The van der Waals surface area contributed by atoms with Crippen LogP contribution in [0.2, 0.25) is 0 Å². The van der Waals surface area contributed by atoms with E-state index in [4.69, 9.17) is 14.2 Å². The van der Waals surface area contributed by atoms with Crippen LogP contribution in [0.25, 0.3) is 0 Å². The van der Waals surface area contributed by atoms with E-state index in [1.165, 1.54) is 14.2 Å². The van der Waals surface area contributed by atoms with Crippen molar-refractivity contribution in [2.45, 2.75) is 18.2 Å². The lowest BCUT2D eigenvalue weighted by molar-refractivity contribution is -0.140. The highest BCUT2D eigenvalue weighted by molar-refractivity contribution is 7.99. The first-order valence-electron chi connectivity index (χ1n) is 7.60. The van der Waals surface area contributed by atoms with E-state index in [1.54, 1.807) is 16.7 Å². The second-order valence-electron chi connectivity index (χ2n) is 5.06. The van der Waals surface area contributed by atoms with Crippen molar-refractivity contribution in [3.05, 3.63) is 35.5 Å². The number of anilines is 1. The number of ether oxygens (including phenoxy) is 3. The van der Waals surface area contributed by atoms with Crippen molar-refractivity contribution in [2.24, 2.45) is 0 Å². The SMILES string of the molecule is CCCSc1ccc(N2COCC(C(=O)OC)=C2C(=O)OC)cc1. The van der Waals surface area contributed by atoms with Gasteiger partial charge in [-0.2, -0.15) is 0 Å². The lowest BCUT2D eigenvalue weighted by atomic mass is 10.1. The van der Waals surface area contributed by atoms with Gasteiger partial charge in [0.2, 0.25) is 0 Å². The number of nitrogens with zero attached hydrogens (tertiary/aromatic N) is 1. The first kappa shape index (κ1) is 18.4. The molecule has 0 radical (unpaired) electrons. The molecule has 1 aromatic rings. The molecule has 7 heteroatoms. The predicted octanol–water partition coefficient (Wildman–Crippen LogP) is 2.58. The number of rotatable bonds is 6. The summed E-state index contributed by atoms with van der Waals surface area (Å²) < 4.78 is 15.0. The van der Waals surface area contributed by atoms with Crippen molar-refractivity contribution in [1.29, 1.82) is 0 Å². The van der Waals surface area contributed by atoms with Crippen LogP contribution in [0.3, 0.4) is 0 Å². The molecule has 1 aliphatic rings. The first-order valence-corrected chi connectivity index (χ1v) is 8.58. The third-order valence-corrected chi connectivity index (χ3v) is 4.67. The largest absolute Gasteiger partial charge is 0.466 e. The predicted molar refractivity (Wildman–Crippen MR) is 91.8 cm³/mol. The zero-order valence-electron chi connectivity index (χ0n) is 14.0. The smallest absolute Gasteiger partial charge is 0.355 e. The van der Waals surface area contributed by atoms with Gasteiger partial charge in [0.05, 0.1) is 26.4 Å². The van der Waals surface area contributed by atoms with Gasteiger partial charge in [-0.15, -0.1) is 11.8 Å². The lowest BCUT2D eigenvalue weighted by Gasteiger charge is -2.31. The third-order valence-electron chi connectivity index (χ3n) is 3.45. The zero-order chi connectivity index (χ0) is 17.5. The Morgan fingerprint density at radius 1 is 1.17 bits per heavy atom. The van der Waals surface area contributed by atoms with Gasteiger partial charge in [0.25, 0.3) is 0 Å². The minimum absolute atomic E-state index is 0.0119. The van der Waals surface area contributed by atoms with E-state index in [9.17, 15) is 9.59 Å². The number of methoxy groups -OCH3 is 2. The Kier molecular flexibility index (Phi) is 6.69. The van der Waals surface area contributed by atoms with Gasteiger partial charge in [-0.3, -0.25) is 0 Å². The molecule has 0 aliphatic carbocycles. The molecule has 0 fully saturated rings. The fourth-order valence-electron chi connectivity index (χ4n) is 2.29. The van der Waals surface area contributed by atoms with E-state index in [1.807, 2.05) is 24.3 Å². The third kappa shape index (κ3) is 4.10. The van der Waals surface area contributed by atoms with Crippen LogP contribution in [0.15, 0.2) is 40.4 Å². The Morgan fingerprint density at radius 2 is 1.83 bits per heavy atom. The molecule has 24 heavy (non-hydrogen) atoms. The van der Waals surface area contributed by atoms with Gasteiger partial charge < -0.3 is 19.1 Å². The molecule has 1 heterocycles. The summed E-state index contributed by atoms with van der Waals surface area (Å²) in [6.07, 6.45) is 1.10. The molecule has 0 bridgehead atoms. The van der Waals surface area contributed by atoms with Crippen LogP contribution in [0.1, 0.15) is 13.3 Å². The van der Waals surface area contributed by atoms with Gasteiger partial charge in [-0.1, -0.05) is 6.92 Å². The minimum Gasteiger partial charge on any atom is -0.466 e. The maximum absolute atomic E-state index is 12.2. The molecule has 0 saturated carbocycles. The Balaban J connectivity index is 2.35. The van der Waals surface area contributed by atoms with Gasteiger partial charge in [0, 0.05) is 10.6 Å². The molecular formula is C17H21NO5S. The highest BCUT2D eigenvalue weighted by Crippen LogP contribution is 2.29. The normalized spacial score (nSPS) is 14.5. The van der Waals surface area contributed by atoms with E-state index in [0.717, 1.165) is 22.8 Å². The van der Waals surface area contributed by atoms with Crippen LogP contribution in [0.4, 0.5) is 5.69 Å². The van der Waals surface area contributed by atoms with Crippen LogP contribution in [-0.4, -0.2) is 45.2 Å². The van der Waals surface area contributed by atoms with Gasteiger partial charge in [-0.05, 0) is 36.4 Å². The monoisotopic (exact) mass is 351 g/mol. The Morgan fingerprint density at radius 3 is 2.42 bits per heavy atom. The molecule has 0 unspecified atom stereocenters. The van der Waals surface area contributed by atoms with E-state index in [-0.39, 0.29) is 24.6 Å². The summed E-state index contributed by atoms with van der Waals surface area (Å²) in [7, 11) is 2.55. The van der Waals surface area contributed by atoms with E-state index >= 15 is 0 Å². The summed E-state index contributed by atoms with van der Waals surface area (Å²) >= 11 is 1.77. The quantitative estimate of drug-likeness (QED) is 0.576. The summed E-state index contributed by atoms with van der Waals surface area (Å²) in [5, 5.41) is 0. The van der Waals surface area contributed by atoms with E-state index < -0.39 is 11.9 Å². The number of carbonyl (C=O) groups excluding carboxylic acids is 2. The number of carbonyl (C=O) groups is 2. The average molecular weight is 351 g/mol. The molecule has 0 atom stereocenters. The molecule has 6 nitrogen and oxygen atoms in total. The summed E-state index contributed by atoms with van der Waals surface area (Å²) in [6, 6.07) is 7.75. The van der Waals surface area contributed by atoms with Crippen LogP contribution in [0, 0.1) is 0 Å². The number of benzene rings is 1. The van der Waals surface area contributed by atoms with Crippen molar-refractivity contribution in [1.82, 2.24) is 0 Å². The minimum atomic E-state index is -0.602. The molecule has 0 amide bonds. The number of hydrogen-bond acceptors (Lipinski definition) is 7. The Bertz CT molecular complexity index is 626. The van der Waals surface area contributed by atoms with Gasteiger partial charge in [0.1, 0.15) is 12.4 Å². The van der Waals surface area contributed by atoms with Gasteiger partial charge >= 0.3 is 11.9 Å². The van der Waals surface area contributed by atoms with Crippen molar-refractivity contribution in [3.8, 4) is 0 Å². The molecular weight excluding hydrogens is 330 g/mol. The first-order chi connectivity index (χ1) is 11.6. The Labute approximate surface area is 145 Å². The van der Waals surface area contributed by atoms with Crippen molar-refractivity contribution in [2.75, 3.05) is 38.2 Å². The molecule has 0 N–H and O–H groups in total. The topological polar surface area (TPSA) is 65.1 Å². The number of esters is 2. The standard InChI is InChI=1S/C17H21NO5S/c1-4-9-24-13-7-5-12(6-8-13)18-11-23-10-14(16(19)21-2)15(18)17(20)22-3/h5-8H,4,9-11H2,1-3H3. The highest BCUT2D eigenvalue weighted by Gasteiger charge is 2.32. The van der Waals surface area contributed by atoms with Crippen LogP contribution in [0.5, 0.6) is 0 Å². The second-order valence-corrected chi connectivity index (χ2v) is 6.23. The summed E-state index contributed by atoms with van der Waals surface area (Å²) in [5.41, 5.74) is 1.06. The van der Waals surface area contributed by atoms with Crippen LogP contribution in [-0.2, 0) is 23.8 Å². The molecule has 0 saturated heterocycles. The number of thioether (sulfide) groups is 1. The number of hydrogen-bond donors (Lipinski definition) is 0. The summed E-state index contributed by atoms with van der Waals surface area (Å²) in [6.45, 7) is 2.30. The fraction of sp³-hybridized carbons (Fsp3) is 0.412. The molecule has 130 valence electrons. The van der Waals surface area contributed by atoms with Crippen LogP contribution >= 0.6 is 11.8 Å².